The summed E-state index contributed by atoms with van der Waals surface area (Å²) in [5.41, 5.74) is 0.558. The lowest BCUT2D eigenvalue weighted by Crippen LogP contribution is -2.43. The molecule has 7 heteroatoms. The van der Waals surface area contributed by atoms with Crippen molar-refractivity contribution in [2.75, 3.05) is 36.0 Å². The van der Waals surface area contributed by atoms with Gasteiger partial charge in [0.25, 0.3) is 5.56 Å². The van der Waals surface area contributed by atoms with E-state index in [0.717, 1.165) is 38.8 Å². The highest BCUT2D eigenvalue weighted by Gasteiger charge is 2.26. The van der Waals surface area contributed by atoms with Gasteiger partial charge in [-0.2, -0.15) is 4.98 Å². The molecule has 0 radical (unpaired) electrons. The zero-order valence-corrected chi connectivity index (χ0v) is 16.9. The van der Waals surface area contributed by atoms with Crippen LogP contribution < -0.4 is 15.4 Å². The molecule has 0 amide bonds. The number of anilines is 2. The van der Waals surface area contributed by atoms with Gasteiger partial charge >= 0.3 is 0 Å². The molecule has 6 nitrogen and oxygen atoms in total. The SMILES string of the molecule is C[C@@H]1CN(c2cc(=O)[nH]c(N3CCCCC[C@@H]3Cc3ccccc3F)n2)CCO1. The minimum Gasteiger partial charge on any atom is -0.375 e. The van der Waals surface area contributed by atoms with Crippen LogP contribution in [-0.2, 0) is 11.2 Å². The maximum Gasteiger partial charge on any atom is 0.254 e. The van der Waals surface area contributed by atoms with E-state index in [2.05, 4.69) is 14.8 Å². The number of morpholine rings is 1. The summed E-state index contributed by atoms with van der Waals surface area (Å²) in [6.07, 6.45) is 4.94. The first-order chi connectivity index (χ1) is 14.1. The minimum atomic E-state index is -0.172. The van der Waals surface area contributed by atoms with E-state index in [1.807, 2.05) is 19.1 Å². The van der Waals surface area contributed by atoms with Crippen molar-refractivity contribution < 1.29 is 9.13 Å². The van der Waals surface area contributed by atoms with E-state index in [1.165, 1.54) is 6.07 Å². The number of ether oxygens (including phenoxy) is 1. The number of H-pyrrole nitrogens is 1. The van der Waals surface area contributed by atoms with Crippen LogP contribution in [0, 0.1) is 5.82 Å². The van der Waals surface area contributed by atoms with E-state index < -0.39 is 0 Å². The third-order valence-electron chi connectivity index (χ3n) is 5.84. The Morgan fingerprint density at radius 1 is 1.24 bits per heavy atom. The molecule has 3 heterocycles. The van der Waals surface area contributed by atoms with Gasteiger partial charge < -0.3 is 14.5 Å². The van der Waals surface area contributed by atoms with Crippen molar-refractivity contribution in [3.8, 4) is 0 Å². The molecular formula is C22H29FN4O2. The van der Waals surface area contributed by atoms with Crippen LogP contribution >= 0.6 is 0 Å². The van der Waals surface area contributed by atoms with Crippen molar-refractivity contribution in [1.29, 1.82) is 0 Å². The van der Waals surface area contributed by atoms with Gasteiger partial charge in [-0.1, -0.05) is 31.0 Å². The molecule has 0 aliphatic carbocycles. The van der Waals surface area contributed by atoms with Gasteiger partial charge in [0.1, 0.15) is 11.6 Å². The molecule has 2 fully saturated rings. The predicted octanol–water partition coefficient (Wildman–Crippen LogP) is 3.13. The normalized spacial score (nSPS) is 23.1. The van der Waals surface area contributed by atoms with Crippen molar-refractivity contribution in [1.82, 2.24) is 9.97 Å². The molecule has 4 rings (SSSR count). The van der Waals surface area contributed by atoms with Gasteiger partial charge in [-0.05, 0) is 37.8 Å². The summed E-state index contributed by atoms with van der Waals surface area (Å²) in [6.45, 7) is 4.91. The number of hydrogen-bond donors (Lipinski definition) is 1. The average Bonchev–Trinajstić information content (AvgIpc) is 2.95. The molecule has 156 valence electrons. The molecule has 2 aliphatic heterocycles. The van der Waals surface area contributed by atoms with Crippen molar-refractivity contribution >= 4 is 11.8 Å². The minimum absolute atomic E-state index is 0.108. The Morgan fingerprint density at radius 2 is 2.10 bits per heavy atom. The predicted molar refractivity (Wildman–Crippen MR) is 112 cm³/mol. The second kappa shape index (κ2) is 8.95. The van der Waals surface area contributed by atoms with Crippen molar-refractivity contribution in [3.05, 3.63) is 52.1 Å². The van der Waals surface area contributed by atoms with Crippen LogP contribution in [-0.4, -0.2) is 48.4 Å². The largest absolute Gasteiger partial charge is 0.375 e. The number of aromatic amines is 1. The molecule has 2 aliphatic rings. The zero-order chi connectivity index (χ0) is 20.2. The van der Waals surface area contributed by atoms with Gasteiger partial charge in [0.2, 0.25) is 5.95 Å². The summed E-state index contributed by atoms with van der Waals surface area (Å²) in [4.78, 5) is 24.5. The lowest BCUT2D eigenvalue weighted by atomic mass is 10.0. The highest BCUT2D eigenvalue weighted by atomic mass is 19.1. The van der Waals surface area contributed by atoms with E-state index >= 15 is 0 Å². The first-order valence-electron chi connectivity index (χ1n) is 10.6. The van der Waals surface area contributed by atoms with E-state index in [0.29, 0.717) is 36.9 Å². The van der Waals surface area contributed by atoms with Gasteiger partial charge in [-0.15, -0.1) is 0 Å². The quantitative estimate of drug-likeness (QED) is 0.855. The third-order valence-corrected chi connectivity index (χ3v) is 5.84. The van der Waals surface area contributed by atoms with Crippen LogP contribution in [0.4, 0.5) is 16.2 Å². The number of aromatic nitrogens is 2. The molecule has 2 atom stereocenters. The van der Waals surface area contributed by atoms with Crippen molar-refractivity contribution in [2.45, 2.75) is 51.2 Å². The molecule has 0 spiro atoms. The van der Waals surface area contributed by atoms with Crippen LogP contribution in [0.5, 0.6) is 0 Å². The summed E-state index contributed by atoms with van der Waals surface area (Å²) >= 11 is 0. The molecule has 1 aromatic heterocycles. The number of halogens is 1. The molecule has 2 saturated heterocycles. The molecule has 0 unspecified atom stereocenters. The van der Waals surface area contributed by atoms with E-state index in [9.17, 15) is 9.18 Å². The van der Waals surface area contributed by atoms with Gasteiger partial charge in [-0.25, -0.2) is 4.39 Å². The lowest BCUT2D eigenvalue weighted by Gasteiger charge is -2.34. The Hall–Kier alpha value is -2.41. The Balaban J connectivity index is 1.63. The van der Waals surface area contributed by atoms with Gasteiger partial charge in [0, 0.05) is 31.7 Å². The fourth-order valence-electron chi connectivity index (χ4n) is 4.34. The average molecular weight is 400 g/mol. The maximum absolute atomic E-state index is 14.3. The number of benzene rings is 1. The standard InChI is InChI=1S/C22H29FN4O2/c1-16-15-26(11-12-29-16)20-14-21(28)25-22(24-20)27-10-6-2-3-8-18(27)13-17-7-4-5-9-19(17)23/h4-5,7,9,14,16,18H,2-3,6,8,10-13,15H2,1H3,(H,24,25,28)/t16-,18-/m1/s1. The van der Waals surface area contributed by atoms with Gasteiger partial charge in [0.05, 0.1) is 12.7 Å². The Labute approximate surface area is 170 Å². The highest BCUT2D eigenvalue weighted by molar-refractivity contribution is 5.45. The number of hydrogen-bond acceptors (Lipinski definition) is 5. The summed E-state index contributed by atoms with van der Waals surface area (Å²) < 4.78 is 19.9. The topological polar surface area (TPSA) is 61.5 Å². The summed E-state index contributed by atoms with van der Waals surface area (Å²) in [5.74, 6) is 1.11. The Kier molecular flexibility index (Phi) is 6.13. The van der Waals surface area contributed by atoms with Crippen LogP contribution in [0.3, 0.4) is 0 Å². The summed E-state index contributed by atoms with van der Waals surface area (Å²) in [5, 5.41) is 0. The maximum atomic E-state index is 14.3. The molecule has 0 bridgehead atoms. The summed E-state index contributed by atoms with van der Waals surface area (Å²) in [6, 6.07) is 8.62. The molecular weight excluding hydrogens is 371 g/mol. The van der Waals surface area contributed by atoms with Crippen LogP contribution in [0.2, 0.25) is 0 Å². The van der Waals surface area contributed by atoms with Crippen LogP contribution in [0.15, 0.2) is 35.1 Å². The third kappa shape index (κ3) is 4.78. The van der Waals surface area contributed by atoms with Crippen LogP contribution in [0.25, 0.3) is 0 Å². The summed E-state index contributed by atoms with van der Waals surface area (Å²) in [7, 11) is 0. The van der Waals surface area contributed by atoms with E-state index in [-0.39, 0.29) is 23.5 Å². The molecule has 1 N–H and O–H groups in total. The fourth-order valence-corrected chi connectivity index (χ4v) is 4.34. The monoisotopic (exact) mass is 400 g/mol. The fraction of sp³-hybridized carbons (Fsp3) is 0.545. The van der Waals surface area contributed by atoms with E-state index in [4.69, 9.17) is 9.72 Å². The smallest absolute Gasteiger partial charge is 0.254 e. The van der Waals surface area contributed by atoms with Crippen molar-refractivity contribution in [3.63, 3.8) is 0 Å². The Bertz CT molecular complexity index is 887. The van der Waals surface area contributed by atoms with Gasteiger partial charge in [0.15, 0.2) is 0 Å². The van der Waals surface area contributed by atoms with Gasteiger partial charge in [-0.3, -0.25) is 9.78 Å². The highest BCUT2D eigenvalue weighted by Crippen LogP contribution is 2.26. The second-order valence-electron chi connectivity index (χ2n) is 8.05. The molecule has 2 aromatic rings. The molecule has 1 aromatic carbocycles. The number of nitrogens with one attached hydrogen (secondary N) is 1. The van der Waals surface area contributed by atoms with Crippen molar-refractivity contribution in [2.24, 2.45) is 0 Å². The first kappa shape index (κ1) is 19.9. The molecule has 29 heavy (non-hydrogen) atoms. The first-order valence-corrected chi connectivity index (χ1v) is 10.6. The second-order valence-corrected chi connectivity index (χ2v) is 8.05. The number of rotatable bonds is 4. The lowest BCUT2D eigenvalue weighted by molar-refractivity contribution is 0.0529. The van der Waals surface area contributed by atoms with E-state index in [1.54, 1.807) is 12.1 Å². The molecule has 0 saturated carbocycles. The Morgan fingerprint density at radius 3 is 2.93 bits per heavy atom. The zero-order valence-electron chi connectivity index (χ0n) is 16.9. The van der Waals surface area contributed by atoms with Crippen LogP contribution in [0.1, 0.15) is 38.2 Å². The number of nitrogens with zero attached hydrogens (tertiary/aromatic N) is 3.